The topological polar surface area (TPSA) is 101 Å². The number of hydrogen-bond acceptors (Lipinski definition) is 4. The third-order valence-corrected chi connectivity index (χ3v) is 5.13. The summed E-state index contributed by atoms with van der Waals surface area (Å²) in [6.07, 6.45) is 1.68. The lowest BCUT2D eigenvalue weighted by Gasteiger charge is -2.14. The van der Waals surface area contributed by atoms with Gasteiger partial charge in [0.25, 0.3) is 5.91 Å². The number of aromatic nitrogens is 1. The van der Waals surface area contributed by atoms with Crippen LogP contribution >= 0.6 is 23.2 Å². The highest BCUT2D eigenvalue weighted by Crippen LogP contribution is 2.29. The molecule has 1 saturated carbocycles. The maximum absolute atomic E-state index is 13.1. The zero-order valence-corrected chi connectivity index (χ0v) is 17.9. The van der Waals surface area contributed by atoms with Crippen LogP contribution < -0.4 is 20.8 Å². The summed E-state index contributed by atoms with van der Waals surface area (Å²) in [5.41, 5.74) is 3.41. The number of hydrogen-bond donors (Lipinski definition) is 3. The average molecular weight is 461 g/mol. The van der Waals surface area contributed by atoms with Crippen LogP contribution in [0.25, 0.3) is 10.9 Å². The van der Waals surface area contributed by atoms with Gasteiger partial charge >= 0.3 is 11.8 Å². The molecule has 0 spiro atoms. The molecule has 1 aromatic heterocycles. The number of ether oxygens (including phenoxy) is 1. The summed E-state index contributed by atoms with van der Waals surface area (Å²) in [4.78, 5) is 37.7. The number of carbonyl (C=O) groups excluding carboxylic acids is 3. The molecule has 1 aliphatic carbocycles. The Hall–Kier alpha value is -3.23. The van der Waals surface area contributed by atoms with Gasteiger partial charge in [-0.05, 0) is 43.2 Å². The third kappa shape index (κ3) is 4.60. The third-order valence-electron chi connectivity index (χ3n) is 4.69. The summed E-state index contributed by atoms with van der Waals surface area (Å²) >= 11 is 12.0. The SMILES string of the molecule is COc1cccc2cc(C(=O)Nc3cc(Cl)cc(Cl)c3)n(NC(=O)C(=O)NC3CC3)c12. The molecule has 3 N–H and O–H groups in total. The van der Waals surface area contributed by atoms with Crippen LogP contribution in [0.2, 0.25) is 10.0 Å². The fourth-order valence-corrected chi connectivity index (χ4v) is 3.65. The zero-order valence-electron chi connectivity index (χ0n) is 16.4. The van der Waals surface area contributed by atoms with Gasteiger partial charge in [-0.1, -0.05) is 35.3 Å². The molecular formula is C21H18Cl2N4O4. The highest BCUT2D eigenvalue weighted by Gasteiger charge is 2.28. The smallest absolute Gasteiger partial charge is 0.328 e. The van der Waals surface area contributed by atoms with Crippen molar-refractivity contribution in [2.45, 2.75) is 18.9 Å². The molecule has 3 amide bonds. The van der Waals surface area contributed by atoms with E-state index in [-0.39, 0.29) is 11.7 Å². The van der Waals surface area contributed by atoms with Gasteiger partial charge in [-0.25, -0.2) is 4.68 Å². The lowest BCUT2D eigenvalue weighted by atomic mass is 10.2. The van der Waals surface area contributed by atoms with E-state index < -0.39 is 17.7 Å². The minimum atomic E-state index is -0.893. The second-order valence-electron chi connectivity index (χ2n) is 7.06. The Morgan fingerprint density at radius 2 is 1.74 bits per heavy atom. The Kier molecular flexibility index (Phi) is 5.75. The van der Waals surface area contributed by atoms with Crippen LogP contribution in [0.4, 0.5) is 5.69 Å². The van der Waals surface area contributed by atoms with Gasteiger partial charge in [0.2, 0.25) is 0 Å². The molecule has 4 rings (SSSR count). The van der Waals surface area contributed by atoms with E-state index in [4.69, 9.17) is 27.9 Å². The van der Waals surface area contributed by atoms with E-state index in [9.17, 15) is 14.4 Å². The van der Waals surface area contributed by atoms with E-state index in [1.807, 2.05) is 0 Å². The van der Waals surface area contributed by atoms with E-state index in [1.54, 1.807) is 42.5 Å². The molecule has 0 bridgehead atoms. The van der Waals surface area contributed by atoms with Crippen molar-refractivity contribution in [3.05, 3.63) is 58.2 Å². The lowest BCUT2D eigenvalue weighted by Crippen LogP contribution is -2.40. The van der Waals surface area contributed by atoms with E-state index in [0.717, 1.165) is 12.8 Å². The second kappa shape index (κ2) is 8.49. The summed E-state index contributed by atoms with van der Waals surface area (Å²) in [7, 11) is 1.47. The fraction of sp³-hybridized carbons (Fsp3) is 0.190. The van der Waals surface area contributed by atoms with Crippen molar-refractivity contribution in [3.8, 4) is 5.75 Å². The van der Waals surface area contributed by atoms with Crippen molar-refractivity contribution in [3.63, 3.8) is 0 Å². The molecule has 0 aliphatic heterocycles. The van der Waals surface area contributed by atoms with Crippen molar-refractivity contribution in [2.75, 3.05) is 17.9 Å². The van der Waals surface area contributed by atoms with E-state index in [0.29, 0.717) is 32.4 Å². The number of nitrogens with one attached hydrogen (secondary N) is 3. The first-order valence-corrected chi connectivity index (χ1v) is 10.2. The number of rotatable bonds is 5. The molecule has 1 heterocycles. The molecule has 3 aromatic rings. The molecule has 0 saturated heterocycles. The Labute approximate surface area is 187 Å². The highest BCUT2D eigenvalue weighted by molar-refractivity contribution is 6.38. The van der Waals surface area contributed by atoms with E-state index in [2.05, 4.69) is 16.1 Å². The van der Waals surface area contributed by atoms with Crippen LogP contribution in [0.1, 0.15) is 23.3 Å². The van der Waals surface area contributed by atoms with Crippen LogP contribution in [0.15, 0.2) is 42.5 Å². The molecule has 1 fully saturated rings. The average Bonchev–Trinajstić information content (AvgIpc) is 3.45. The Balaban J connectivity index is 1.71. The molecule has 0 radical (unpaired) electrons. The van der Waals surface area contributed by atoms with Gasteiger partial charge in [-0.15, -0.1) is 0 Å². The van der Waals surface area contributed by atoms with Gasteiger partial charge in [0.05, 0.1) is 7.11 Å². The van der Waals surface area contributed by atoms with Crippen LogP contribution in [0.3, 0.4) is 0 Å². The van der Waals surface area contributed by atoms with Crippen LogP contribution in [-0.2, 0) is 9.59 Å². The first-order chi connectivity index (χ1) is 14.9. The number of anilines is 1. The van der Waals surface area contributed by atoms with Crippen LogP contribution in [-0.4, -0.2) is 35.5 Å². The Bertz CT molecular complexity index is 1180. The quantitative estimate of drug-likeness (QED) is 0.506. The number of nitrogens with zero attached hydrogens (tertiary/aromatic N) is 1. The number of methoxy groups -OCH3 is 1. The number of halogens is 2. The molecule has 1 aliphatic rings. The molecule has 31 heavy (non-hydrogen) atoms. The number of fused-ring (bicyclic) bond motifs is 1. The summed E-state index contributed by atoms with van der Waals surface area (Å²) in [6, 6.07) is 11.4. The van der Waals surface area contributed by atoms with Gasteiger partial charge < -0.3 is 15.4 Å². The lowest BCUT2D eigenvalue weighted by molar-refractivity contribution is -0.136. The van der Waals surface area contributed by atoms with E-state index >= 15 is 0 Å². The Morgan fingerprint density at radius 1 is 1.03 bits per heavy atom. The van der Waals surface area contributed by atoms with Crippen molar-refractivity contribution in [1.82, 2.24) is 9.99 Å². The first kappa shape index (κ1) is 21.0. The molecular weight excluding hydrogens is 443 g/mol. The number of amides is 3. The van der Waals surface area contributed by atoms with Crippen molar-refractivity contribution in [1.29, 1.82) is 0 Å². The largest absolute Gasteiger partial charge is 0.494 e. The summed E-state index contributed by atoms with van der Waals surface area (Å²) in [5, 5.41) is 6.67. The van der Waals surface area contributed by atoms with Gasteiger partial charge in [-0.3, -0.25) is 19.8 Å². The molecule has 2 aromatic carbocycles. The van der Waals surface area contributed by atoms with Crippen LogP contribution in [0.5, 0.6) is 5.75 Å². The van der Waals surface area contributed by atoms with Crippen molar-refractivity contribution >= 4 is 57.5 Å². The normalized spacial score (nSPS) is 13.0. The molecule has 8 nitrogen and oxygen atoms in total. The summed E-state index contributed by atoms with van der Waals surface area (Å²) in [6.45, 7) is 0. The fourth-order valence-electron chi connectivity index (χ4n) is 3.13. The second-order valence-corrected chi connectivity index (χ2v) is 7.94. The van der Waals surface area contributed by atoms with Gasteiger partial charge in [0, 0.05) is 27.2 Å². The number of benzene rings is 2. The van der Waals surface area contributed by atoms with Gasteiger partial charge in [-0.2, -0.15) is 0 Å². The van der Waals surface area contributed by atoms with E-state index in [1.165, 1.54) is 11.8 Å². The van der Waals surface area contributed by atoms with Crippen molar-refractivity contribution in [2.24, 2.45) is 0 Å². The maximum atomic E-state index is 13.1. The summed E-state index contributed by atoms with van der Waals surface area (Å²) < 4.78 is 6.63. The van der Waals surface area contributed by atoms with Gasteiger partial charge in [0.15, 0.2) is 0 Å². The minimum Gasteiger partial charge on any atom is -0.494 e. The monoisotopic (exact) mass is 460 g/mol. The predicted octanol–water partition coefficient (Wildman–Crippen LogP) is 3.56. The standard InChI is InChI=1S/C21H18Cl2N4O4/c1-31-17-4-2-3-11-7-16(19(28)25-15-9-12(22)8-13(23)10-15)27(18(11)17)26-21(30)20(29)24-14-5-6-14/h2-4,7-10,14H,5-6H2,1H3,(H,24,29)(H,25,28)(H,26,30). The molecule has 160 valence electrons. The molecule has 0 atom stereocenters. The highest BCUT2D eigenvalue weighted by atomic mass is 35.5. The first-order valence-electron chi connectivity index (χ1n) is 9.43. The van der Waals surface area contributed by atoms with Gasteiger partial charge in [0.1, 0.15) is 17.0 Å². The molecule has 0 unspecified atom stereocenters. The molecule has 10 heteroatoms. The minimum absolute atomic E-state index is 0.0181. The van der Waals surface area contributed by atoms with Crippen LogP contribution in [0, 0.1) is 0 Å². The van der Waals surface area contributed by atoms with Crippen molar-refractivity contribution < 1.29 is 19.1 Å². The number of carbonyl (C=O) groups is 3. The zero-order chi connectivity index (χ0) is 22.1. The number of para-hydroxylation sites is 1. The Morgan fingerprint density at radius 3 is 2.39 bits per heavy atom. The summed E-state index contributed by atoms with van der Waals surface area (Å²) in [5.74, 6) is -1.79. The maximum Gasteiger partial charge on any atom is 0.328 e. The predicted molar refractivity (Wildman–Crippen MR) is 118 cm³/mol.